The number of nitrogens with zero attached hydrogens (tertiary/aromatic N) is 1. The molecular formula is C13H18N4O4S2. The van der Waals surface area contributed by atoms with Crippen molar-refractivity contribution >= 4 is 20.0 Å². The van der Waals surface area contributed by atoms with Gasteiger partial charge in [-0.2, -0.15) is 5.10 Å². The lowest BCUT2D eigenvalue weighted by Gasteiger charge is -2.07. The van der Waals surface area contributed by atoms with Gasteiger partial charge >= 0.3 is 0 Å². The Labute approximate surface area is 135 Å². The van der Waals surface area contributed by atoms with Crippen LogP contribution in [-0.2, 0) is 26.5 Å². The molecule has 4 N–H and O–H groups in total. The van der Waals surface area contributed by atoms with Crippen molar-refractivity contribution in [2.24, 2.45) is 5.14 Å². The highest BCUT2D eigenvalue weighted by atomic mass is 32.2. The number of hydrogen-bond donors (Lipinski definition) is 3. The maximum Gasteiger partial charge on any atom is 0.244 e. The van der Waals surface area contributed by atoms with Crippen LogP contribution >= 0.6 is 0 Å². The van der Waals surface area contributed by atoms with E-state index in [-0.39, 0.29) is 16.3 Å². The zero-order valence-corrected chi connectivity index (χ0v) is 14.3. The summed E-state index contributed by atoms with van der Waals surface area (Å²) in [6.07, 6.45) is 0.417. The molecule has 0 unspecified atom stereocenters. The molecule has 8 nitrogen and oxygen atoms in total. The Hall–Kier alpha value is -1.75. The third-order valence-corrected chi connectivity index (χ3v) is 5.94. The van der Waals surface area contributed by atoms with E-state index in [4.69, 9.17) is 5.14 Å². The Morgan fingerprint density at radius 3 is 2.22 bits per heavy atom. The maximum atomic E-state index is 12.2. The first kappa shape index (κ1) is 17.6. The first-order valence-electron chi connectivity index (χ1n) is 6.74. The molecule has 23 heavy (non-hydrogen) atoms. The standard InChI is InChI=1S/C13H18N4O4S2/c1-9-13(10(2)17-16-9)23(20,21)15-8-7-11-3-5-12(6-4-11)22(14,18)19/h3-6,15H,7-8H2,1-2H3,(H,16,17)(H2,14,18,19). The molecule has 0 bridgehead atoms. The van der Waals surface area contributed by atoms with Gasteiger partial charge in [0.2, 0.25) is 20.0 Å². The number of rotatable bonds is 6. The van der Waals surface area contributed by atoms with Crippen molar-refractivity contribution in [2.75, 3.05) is 6.54 Å². The minimum atomic E-state index is -3.72. The van der Waals surface area contributed by atoms with Crippen molar-refractivity contribution in [1.82, 2.24) is 14.9 Å². The van der Waals surface area contributed by atoms with E-state index in [1.165, 1.54) is 12.1 Å². The molecule has 0 aliphatic heterocycles. The number of H-pyrrole nitrogens is 1. The lowest BCUT2D eigenvalue weighted by atomic mass is 10.2. The summed E-state index contributed by atoms with van der Waals surface area (Å²) >= 11 is 0. The molecule has 2 aromatic rings. The average molecular weight is 358 g/mol. The highest BCUT2D eigenvalue weighted by molar-refractivity contribution is 7.89. The molecule has 0 spiro atoms. The lowest BCUT2D eigenvalue weighted by molar-refractivity contribution is 0.580. The van der Waals surface area contributed by atoms with Crippen molar-refractivity contribution in [3.8, 4) is 0 Å². The van der Waals surface area contributed by atoms with E-state index in [9.17, 15) is 16.8 Å². The molecule has 0 amide bonds. The van der Waals surface area contributed by atoms with Crippen molar-refractivity contribution in [2.45, 2.75) is 30.1 Å². The Morgan fingerprint density at radius 2 is 1.74 bits per heavy atom. The number of nitrogens with one attached hydrogen (secondary N) is 2. The Morgan fingerprint density at radius 1 is 1.13 bits per heavy atom. The predicted molar refractivity (Wildman–Crippen MR) is 84.8 cm³/mol. The topological polar surface area (TPSA) is 135 Å². The van der Waals surface area contributed by atoms with Crippen molar-refractivity contribution in [1.29, 1.82) is 0 Å². The molecule has 0 fully saturated rings. The van der Waals surface area contributed by atoms with Crippen LogP contribution in [0.4, 0.5) is 0 Å². The van der Waals surface area contributed by atoms with Gasteiger partial charge in [0.05, 0.1) is 16.3 Å². The van der Waals surface area contributed by atoms with E-state index in [2.05, 4.69) is 14.9 Å². The van der Waals surface area contributed by atoms with Crippen LogP contribution in [0, 0.1) is 13.8 Å². The van der Waals surface area contributed by atoms with Crippen LogP contribution in [0.5, 0.6) is 0 Å². The van der Waals surface area contributed by atoms with Crippen LogP contribution in [0.25, 0.3) is 0 Å². The minimum absolute atomic E-state index is 0.0199. The molecule has 126 valence electrons. The van der Waals surface area contributed by atoms with Crippen LogP contribution in [0.15, 0.2) is 34.1 Å². The third kappa shape index (κ3) is 4.16. The summed E-state index contributed by atoms with van der Waals surface area (Å²) in [5.41, 5.74) is 1.68. The van der Waals surface area contributed by atoms with Gasteiger partial charge in [0.25, 0.3) is 0 Å². The molecular weight excluding hydrogens is 340 g/mol. The quantitative estimate of drug-likeness (QED) is 0.677. The molecule has 0 saturated carbocycles. The summed E-state index contributed by atoms with van der Waals surface area (Å²) in [6.45, 7) is 3.44. The minimum Gasteiger partial charge on any atom is -0.281 e. The second kappa shape index (κ2) is 6.40. The number of aromatic amines is 1. The van der Waals surface area contributed by atoms with Crippen LogP contribution in [0.2, 0.25) is 0 Å². The molecule has 10 heteroatoms. The fraction of sp³-hybridized carbons (Fsp3) is 0.308. The van der Waals surface area contributed by atoms with Gasteiger partial charge in [0.15, 0.2) is 0 Å². The Balaban J connectivity index is 2.02. The Kier molecular flexibility index (Phi) is 4.90. The van der Waals surface area contributed by atoms with Crippen LogP contribution in [-0.4, -0.2) is 33.6 Å². The summed E-state index contributed by atoms with van der Waals surface area (Å²) in [5, 5.41) is 11.5. The van der Waals surface area contributed by atoms with Gasteiger partial charge in [-0.15, -0.1) is 0 Å². The van der Waals surface area contributed by atoms with Gasteiger partial charge in [-0.25, -0.2) is 26.7 Å². The van der Waals surface area contributed by atoms with Gasteiger partial charge in [0, 0.05) is 6.54 Å². The SMILES string of the molecule is Cc1n[nH]c(C)c1S(=O)(=O)NCCc1ccc(S(N)(=O)=O)cc1. The fourth-order valence-electron chi connectivity index (χ4n) is 2.18. The second-order valence-electron chi connectivity index (χ2n) is 5.10. The van der Waals surface area contributed by atoms with E-state index < -0.39 is 20.0 Å². The molecule has 0 radical (unpaired) electrons. The summed E-state index contributed by atoms with van der Waals surface area (Å²) in [7, 11) is -7.36. The number of aryl methyl sites for hydroxylation is 2. The van der Waals surface area contributed by atoms with E-state index in [1.807, 2.05) is 0 Å². The largest absolute Gasteiger partial charge is 0.281 e. The Bertz CT molecular complexity index is 880. The van der Waals surface area contributed by atoms with Gasteiger partial charge in [0.1, 0.15) is 4.90 Å². The summed E-state index contributed by atoms with van der Waals surface area (Å²) in [5.74, 6) is 0. The van der Waals surface area contributed by atoms with Gasteiger partial charge in [-0.3, -0.25) is 5.10 Å². The molecule has 1 aromatic heterocycles. The number of hydrogen-bond acceptors (Lipinski definition) is 5. The maximum absolute atomic E-state index is 12.2. The highest BCUT2D eigenvalue weighted by Crippen LogP contribution is 2.16. The first-order chi connectivity index (χ1) is 10.6. The number of sulfonamides is 2. The first-order valence-corrected chi connectivity index (χ1v) is 9.77. The molecule has 2 rings (SSSR count). The fourth-order valence-corrected chi connectivity index (χ4v) is 4.10. The van der Waals surface area contributed by atoms with E-state index in [0.717, 1.165) is 5.56 Å². The van der Waals surface area contributed by atoms with E-state index in [1.54, 1.807) is 26.0 Å². The molecule has 0 saturated heterocycles. The summed E-state index contributed by atoms with van der Waals surface area (Å²) in [4.78, 5) is 0.175. The molecule has 1 heterocycles. The summed E-state index contributed by atoms with van der Waals surface area (Å²) < 4.78 is 49.3. The van der Waals surface area contributed by atoms with Crippen molar-refractivity contribution in [3.05, 3.63) is 41.2 Å². The number of benzene rings is 1. The number of primary sulfonamides is 1. The van der Waals surface area contributed by atoms with Gasteiger partial charge in [-0.05, 0) is 38.0 Å². The lowest BCUT2D eigenvalue weighted by Crippen LogP contribution is -2.26. The monoisotopic (exact) mass is 358 g/mol. The smallest absolute Gasteiger partial charge is 0.244 e. The molecule has 0 atom stereocenters. The third-order valence-electron chi connectivity index (χ3n) is 3.29. The second-order valence-corrected chi connectivity index (χ2v) is 8.37. The highest BCUT2D eigenvalue weighted by Gasteiger charge is 2.21. The number of nitrogens with two attached hydrogens (primary N) is 1. The molecule has 0 aliphatic rings. The van der Waals surface area contributed by atoms with Crippen LogP contribution < -0.4 is 9.86 Å². The van der Waals surface area contributed by atoms with Gasteiger partial charge in [-0.1, -0.05) is 12.1 Å². The van der Waals surface area contributed by atoms with E-state index >= 15 is 0 Å². The average Bonchev–Trinajstić information content (AvgIpc) is 2.78. The summed E-state index contributed by atoms with van der Waals surface area (Å²) in [6, 6.07) is 5.98. The number of aromatic nitrogens is 2. The normalized spacial score (nSPS) is 12.5. The van der Waals surface area contributed by atoms with Crippen molar-refractivity contribution < 1.29 is 16.8 Å². The van der Waals surface area contributed by atoms with Crippen LogP contribution in [0.3, 0.4) is 0 Å². The zero-order valence-electron chi connectivity index (χ0n) is 12.7. The van der Waals surface area contributed by atoms with Crippen LogP contribution in [0.1, 0.15) is 17.0 Å². The van der Waals surface area contributed by atoms with Crippen molar-refractivity contribution in [3.63, 3.8) is 0 Å². The van der Waals surface area contributed by atoms with Gasteiger partial charge < -0.3 is 0 Å². The molecule has 0 aliphatic carbocycles. The predicted octanol–water partition coefficient (Wildman–Crippen LogP) is 0.195. The zero-order chi connectivity index (χ0) is 17.3. The van der Waals surface area contributed by atoms with E-state index in [0.29, 0.717) is 17.8 Å². The molecule has 1 aromatic carbocycles.